The van der Waals surface area contributed by atoms with E-state index in [1.807, 2.05) is 0 Å². The fraction of sp³-hybridized carbons (Fsp3) is 0.494. The molecule has 0 aromatic rings. The first-order valence-corrected chi connectivity index (χ1v) is 34.6. The van der Waals surface area contributed by atoms with Gasteiger partial charge in [-0.2, -0.15) is 0 Å². The number of allylic oxidation sites excluding steroid dienone is 40. The van der Waals surface area contributed by atoms with Gasteiger partial charge in [0.05, 0.1) is 6.61 Å². The van der Waals surface area contributed by atoms with E-state index < -0.39 is 6.10 Å². The average molecular weight is 1200 g/mol. The molecule has 88 heavy (non-hydrogen) atoms. The monoisotopic (exact) mass is 1200 g/mol. The van der Waals surface area contributed by atoms with Crippen molar-refractivity contribution < 1.29 is 24.2 Å². The zero-order chi connectivity index (χ0) is 63.3. The summed E-state index contributed by atoms with van der Waals surface area (Å²) in [5.41, 5.74) is 0. The fourth-order valence-corrected chi connectivity index (χ4v) is 8.55. The summed E-state index contributed by atoms with van der Waals surface area (Å²) in [6.45, 7) is 3.87. The normalized spacial score (nSPS) is 13.8. The number of ether oxygens (including phenoxy) is 2. The molecular weight excluding hydrogens is 1080 g/mol. The number of rotatable bonds is 60. The van der Waals surface area contributed by atoms with E-state index in [1.165, 1.54) is 32.1 Å². The Morgan fingerprint density at radius 1 is 0.261 bits per heavy atom. The summed E-state index contributed by atoms with van der Waals surface area (Å²) in [5, 5.41) is 9.70. The predicted octanol–water partition coefficient (Wildman–Crippen LogP) is 24.6. The Bertz CT molecular complexity index is 2200. The van der Waals surface area contributed by atoms with Gasteiger partial charge in [-0.25, -0.2) is 0 Å². The maximum Gasteiger partial charge on any atom is 0.306 e. The number of esters is 2. The van der Waals surface area contributed by atoms with E-state index in [-0.39, 0.29) is 25.2 Å². The van der Waals surface area contributed by atoms with Gasteiger partial charge in [-0.1, -0.05) is 308 Å². The molecule has 0 bridgehead atoms. The van der Waals surface area contributed by atoms with Gasteiger partial charge in [0.25, 0.3) is 0 Å². The van der Waals surface area contributed by atoms with Crippen LogP contribution < -0.4 is 0 Å². The maximum absolute atomic E-state index is 12.4. The summed E-state index contributed by atoms with van der Waals surface area (Å²) in [5.74, 6) is -0.644. The standard InChI is InChI=1S/C83H124O5/c1-3-5-7-9-11-13-15-17-19-21-23-25-27-29-31-33-35-37-39-41-43-45-47-49-51-53-55-57-59-61-63-65-67-69-71-73-75-77-82(85)87-80-81(79-84)88-83(86)78-76-74-72-70-68-66-64-62-60-58-56-54-52-50-48-46-44-42-40-38-36-34-32-30-28-26-24-22-20-18-16-14-12-10-8-6-4-2/h5-8,11-14,17-20,23-26,29-32,35-38,41-44,47-50,53-56,59-62,81,84H,3-4,9-10,15-16,21-22,27-28,33-34,39-40,45-46,51-52,57-58,63-80H2,1-2H3/b7-5-,8-6-,13-11-,14-12-,19-17-,20-18-,25-23-,26-24-,31-29-,32-30-,37-35-,38-36-,43-41-,44-42-,49-47-,50-48-,55-53-,56-54-,61-59-,62-60-. The van der Waals surface area contributed by atoms with Gasteiger partial charge in [0, 0.05) is 12.8 Å². The molecule has 0 aromatic heterocycles. The molecule has 0 fully saturated rings. The molecule has 0 heterocycles. The number of aliphatic hydroxyl groups excluding tert-OH is 1. The molecule has 0 saturated heterocycles. The molecule has 0 aliphatic rings. The first kappa shape index (κ1) is 81.7. The van der Waals surface area contributed by atoms with Crippen LogP contribution in [0.4, 0.5) is 0 Å². The number of aliphatic hydroxyl groups is 1. The van der Waals surface area contributed by atoms with E-state index in [1.54, 1.807) is 0 Å². The van der Waals surface area contributed by atoms with Crippen molar-refractivity contribution in [1.82, 2.24) is 0 Å². The quantitative estimate of drug-likeness (QED) is 0.0373. The van der Waals surface area contributed by atoms with Crippen LogP contribution in [-0.4, -0.2) is 36.4 Å². The van der Waals surface area contributed by atoms with Gasteiger partial charge in [-0.05, 0) is 167 Å². The Hall–Kier alpha value is -6.30. The summed E-state index contributed by atoms with van der Waals surface area (Å²) in [7, 11) is 0. The van der Waals surface area contributed by atoms with Gasteiger partial charge in [-0.3, -0.25) is 9.59 Å². The Balaban J connectivity index is 3.68. The summed E-state index contributed by atoms with van der Waals surface area (Å²) >= 11 is 0. The van der Waals surface area contributed by atoms with Gasteiger partial charge >= 0.3 is 11.9 Å². The molecule has 0 aliphatic heterocycles. The van der Waals surface area contributed by atoms with Crippen LogP contribution in [0.3, 0.4) is 0 Å². The number of carbonyl (C=O) groups excluding carboxylic acids is 2. The van der Waals surface area contributed by atoms with E-state index in [9.17, 15) is 14.7 Å². The Kier molecular flexibility index (Phi) is 69.6. The summed E-state index contributed by atoms with van der Waals surface area (Å²) < 4.78 is 10.7. The third-order valence-electron chi connectivity index (χ3n) is 13.6. The second-order valence-electron chi connectivity index (χ2n) is 21.8. The minimum absolute atomic E-state index is 0.0968. The first-order chi connectivity index (χ1) is 43.6. The third kappa shape index (κ3) is 72.2. The number of hydrogen-bond donors (Lipinski definition) is 1. The molecule has 486 valence electrons. The van der Waals surface area contributed by atoms with Crippen molar-refractivity contribution in [3.8, 4) is 0 Å². The van der Waals surface area contributed by atoms with Gasteiger partial charge in [-0.15, -0.1) is 0 Å². The SMILES string of the molecule is CC/C=C\C/C=C\C/C=C\C/C=C\C/C=C\C/C=C\C/C=C\C/C=C\C/C=C\C/C=C\CCCCCCCCC(=O)OCC(CO)OC(=O)CCCCCCCC/C=C\C/C=C\C/C=C\C/C=C\C/C=C\C/C=C\C/C=C\C/C=C\C/C=C\C/C=C\CC. The van der Waals surface area contributed by atoms with Crippen molar-refractivity contribution in [3.05, 3.63) is 243 Å². The highest BCUT2D eigenvalue weighted by atomic mass is 16.6. The minimum atomic E-state index is -0.808. The molecule has 0 radical (unpaired) electrons. The summed E-state index contributed by atoms with van der Waals surface area (Å²) in [6.07, 6.45) is 124. The van der Waals surface area contributed by atoms with Crippen molar-refractivity contribution in [2.24, 2.45) is 0 Å². The van der Waals surface area contributed by atoms with Crippen molar-refractivity contribution in [3.63, 3.8) is 0 Å². The van der Waals surface area contributed by atoms with E-state index in [4.69, 9.17) is 9.47 Å². The first-order valence-electron chi connectivity index (χ1n) is 34.6. The second kappa shape index (κ2) is 75.0. The van der Waals surface area contributed by atoms with Crippen LogP contribution in [0.5, 0.6) is 0 Å². The summed E-state index contributed by atoms with van der Waals surface area (Å²) in [4.78, 5) is 24.6. The Labute approximate surface area is 540 Å². The number of unbranched alkanes of at least 4 members (excludes halogenated alkanes) is 12. The van der Waals surface area contributed by atoms with E-state index in [0.29, 0.717) is 12.8 Å². The van der Waals surface area contributed by atoms with Crippen LogP contribution in [0.15, 0.2) is 243 Å². The van der Waals surface area contributed by atoms with Crippen molar-refractivity contribution >= 4 is 11.9 Å². The minimum Gasteiger partial charge on any atom is -0.462 e. The predicted molar refractivity (Wildman–Crippen MR) is 388 cm³/mol. The smallest absolute Gasteiger partial charge is 0.306 e. The summed E-state index contributed by atoms with van der Waals surface area (Å²) in [6, 6.07) is 0. The van der Waals surface area contributed by atoms with Crippen LogP contribution in [-0.2, 0) is 19.1 Å². The second-order valence-corrected chi connectivity index (χ2v) is 21.8. The molecule has 0 rings (SSSR count). The van der Waals surface area contributed by atoms with Crippen molar-refractivity contribution in [2.45, 2.75) is 251 Å². The van der Waals surface area contributed by atoms with Gasteiger partial charge in [0.2, 0.25) is 0 Å². The molecule has 0 spiro atoms. The molecule has 1 atom stereocenters. The zero-order valence-electron chi connectivity index (χ0n) is 55.6. The van der Waals surface area contributed by atoms with Crippen molar-refractivity contribution in [1.29, 1.82) is 0 Å². The molecule has 0 amide bonds. The largest absolute Gasteiger partial charge is 0.462 e. The molecule has 0 aliphatic carbocycles. The van der Waals surface area contributed by atoms with Crippen LogP contribution in [0.25, 0.3) is 0 Å². The van der Waals surface area contributed by atoms with Gasteiger partial charge in [0.15, 0.2) is 6.10 Å². The molecule has 0 aromatic carbocycles. The van der Waals surface area contributed by atoms with Crippen molar-refractivity contribution in [2.75, 3.05) is 13.2 Å². The molecule has 1 N–H and O–H groups in total. The Morgan fingerprint density at radius 2 is 0.455 bits per heavy atom. The fourth-order valence-electron chi connectivity index (χ4n) is 8.55. The molecule has 1 unspecified atom stereocenters. The lowest BCUT2D eigenvalue weighted by Crippen LogP contribution is -2.28. The highest BCUT2D eigenvalue weighted by molar-refractivity contribution is 5.70. The number of hydrogen-bond acceptors (Lipinski definition) is 5. The lowest BCUT2D eigenvalue weighted by Gasteiger charge is -2.15. The maximum atomic E-state index is 12.4. The highest BCUT2D eigenvalue weighted by Gasteiger charge is 2.16. The number of carbonyl (C=O) groups is 2. The zero-order valence-corrected chi connectivity index (χ0v) is 55.6. The lowest BCUT2D eigenvalue weighted by atomic mass is 10.1. The molecule has 5 nitrogen and oxygen atoms in total. The Morgan fingerprint density at radius 3 is 0.682 bits per heavy atom. The van der Waals surface area contributed by atoms with Gasteiger partial charge < -0.3 is 14.6 Å². The third-order valence-corrected chi connectivity index (χ3v) is 13.6. The molecular formula is C83H124O5. The molecule has 5 heteroatoms. The van der Waals surface area contributed by atoms with E-state index in [0.717, 1.165) is 186 Å². The van der Waals surface area contributed by atoms with Gasteiger partial charge in [0.1, 0.15) is 6.61 Å². The highest BCUT2D eigenvalue weighted by Crippen LogP contribution is 2.13. The average Bonchev–Trinajstić information content (AvgIpc) is 3.55. The van der Waals surface area contributed by atoms with Crippen LogP contribution in [0, 0.1) is 0 Å². The van der Waals surface area contributed by atoms with E-state index >= 15 is 0 Å². The van der Waals surface area contributed by atoms with Crippen LogP contribution in [0.1, 0.15) is 245 Å². The lowest BCUT2D eigenvalue weighted by molar-refractivity contribution is -0.161. The molecule has 0 saturated carbocycles. The van der Waals surface area contributed by atoms with Crippen LogP contribution >= 0.6 is 0 Å². The van der Waals surface area contributed by atoms with Crippen LogP contribution in [0.2, 0.25) is 0 Å². The van der Waals surface area contributed by atoms with E-state index in [2.05, 4.69) is 257 Å². The topological polar surface area (TPSA) is 72.8 Å².